The highest BCUT2D eigenvalue weighted by molar-refractivity contribution is 5.86. The van der Waals surface area contributed by atoms with Crippen molar-refractivity contribution in [2.24, 2.45) is 0 Å². The number of aliphatic carboxylic acids is 1. The number of likely N-dealkylation sites (N-methyl/N-ethyl adjacent to an activating group) is 1. The Labute approximate surface area is 95.1 Å². The highest BCUT2D eigenvalue weighted by Crippen LogP contribution is 2.18. The SMILES string of the molecule is C=C(CN1CCCCC1C(=O)NC)C(=O)O. The van der Waals surface area contributed by atoms with E-state index in [0.29, 0.717) is 0 Å². The number of nitrogens with one attached hydrogen (secondary N) is 1. The summed E-state index contributed by atoms with van der Waals surface area (Å²) >= 11 is 0. The zero-order valence-electron chi connectivity index (χ0n) is 9.53. The lowest BCUT2D eigenvalue weighted by atomic mass is 10.0. The van der Waals surface area contributed by atoms with Gasteiger partial charge in [-0.2, -0.15) is 0 Å². The van der Waals surface area contributed by atoms with E-state index in [1.54, 1.807) is 7.05 Å². The number of carbonyl (C=O) groups is 2. The average molecular weight is 226 g/mol. The lowest BCUT2D eigenvalue weighted by molar-refractivity contribution is -0.134. The highest BCUT2D eigenvalue weighted by Gasteiger charge is 2.28. The maximum absolute atomic E-state index is 11.6. The van der Waals surface area contributed by atoms with Crippen LogP contribution in [0.25, 0.3) is 0 Å². The van der Waals surface area contributed by atoms with Crippen molar-refractivity contribution in [3.63, 3.8) is 0 Å². The Hall–Kier alpha value is -1.36. The number of hydrogen-bond donors (Lipinski definition) is 2. The van der Waals surface area contributed by atoms with Gasteiger partial charge in [0.1, 0.15) is 0 Å². The van der Waals surface area contributed by atoms with E-state index in [9.17, 15) is 9.59 Å². The molecule has 90 valence electrons. The minimum atomic E-state index is -0.999. The number of carboxylic acids is 1. The van der Waals surface area contributed by atoms with Crippen LogP contribution in [0.3, 0.4) is 0 Å². The Bertz CT molecular complexity index is 302. The van der Waals surface area contributed by atoms with Crippen LogP contribution in [0.4, 0.5) is 0 Å². The molecule has 1 heterocycles. The lowest BCUT2D eigenvalue weighted by Gasteiger charge is -2.34. The standard InChI is InChI=1S/C11H18N2O3/c1-8(11(15)16)7-13-6-4-3-5-9(13)10(14)12-2/h9H,1,3-7H2,2H3,(H,12,14)(H,15,16). The van der Waals surface area contributed by atoms with Gasteiger partial charge in [0.25, 0.3) is 0 Å². The molecular formula is C11H18N2O3. The molecule has 0 radical (unpaired) electrons. The summed E-state index contributed by atoms with van der Waals surface area (Å²) in [5.74, 6) is -1.04. The Morgan fingerprint density at radius 3 is 2.75 bits per heavy atom. The first-order valence-corrected chi connectivity index (χ1v) is 5.43. The minimum Gasteiger partial charge on any atom is -0.478 e. The zero-order valence-corrected chi connectivity index (χ0v) is 9.53. The van der Waals surface area contributed by atoms with Gasteiger partial charge in [-0.3, -0.25) is 9.69 Å². The molecule has 1 aliphatic heterocycles. The van der Waals surface area contributed by atoms with Crippen LogP contribution in [0.15, 0.2) is 12.2 Å². The summed E-state index contributed by atoms with van der Waals surface area (Å²) in [5.41, 5.74) is 0.135. The fraction of sp³-hybridized carbons (Fsp3) is 0.636. The molecule has 1 aliphatic rings. The minimum absolute atomic E-state index is 0.0436. The first kappa shape index (κ1) is 12.7. The second-order valence-corrected chi connectivity index (χ2v) is 4.01. The number of carboxylic acid groups (broad SMARTS) is 1. The molecule has 0 aromatic heterocycles. The summed E-state index contributed by atoms with van der Waals surface area (Å²) in [6, 6.07) is -0.213. The van der Waals surface area contributed by atoms with Crippen LogP contribution in [0.2, 0.25) is 0 Å². The maximum atomic E-state index is 11.6. The van der Waals surface area contributed by atoms with E-state index in [0.717, 1.165) is 25.8 Å². The van der Waals surface area contributed by atoms with Crippen LogP contribution >= 0.6 is 0 Å². The molecule has 1 unspecified atom stereocenters. The molecule has 1 rings (SSSR count). The third-order valence-corrected chi connectivity index (χ3v) is 2.86. The highest BCUT2D eigenvalue weighted by atomic mass is 16.4. The molecule has 1 saturated heterocycles. The first-order valence-electron chi connectivity index (χ1n) is 5.43. The molecule has 0 saturated carbocycles. The second-order valence-electron chi connectivity index (χ2n) is 4.01. The van der Waals surface area contributed by atoms with Gasteiger partial charge < -0.3 is 10.4 Å². The van der Waals surface area contributed by atoms with E-state index in [-0.39, 0.29) is 24.1 Å². The van der Waals surface area contributed by atoms with Gasteiger partial charge in [0.15, 0.2) is 0 Å². The van der Waals surface area contributed by atoms with Gasteiger partial charge in [0.2, 0.25) is 5.91 Å². The van der Waals surface area contributed by atoms with Crippen LogP contribution in [-0.2, 0) is 9.59 Å². The van der Waals surface area contributed by atoms with Gasteiger partial charge in [-0.1, -0.05) is 13.0 Å². The lowest BCUT2D eigenvalue weighted by Crippen LogP contribution is -2.49. The fourth-order valence-corrected chi connectivity index (χ4v) is 1.96. The van der Waals surface area contributed by atoms with E-state index in [4.69, 9.17) is 5.11 Å². The van der Waals surface area contributed by atoms with Crippen molar-refractivity contribution < 1.29 is 14.7 Å². The van der Waals surface area contributed by atoms with Crippen LogP contribution in [0.1, 0.15) is 19.3 Å². The van der Waals surface area contributed by atoms with Crippen LogP contribution < -0.4 is 5.32 Å². The van der Waals surface area contributed by atoms with Crippen molar-refractivity contribution in [2.75, 3.05) is 20.1 Å². The van der Waals surface area contributed by atoms with Crippen LogP contribution in [0, 0.1) is 0 Å². The summed E-state index contributed by atoms with van der Waals surface area (Å²) in [5, 5.41) is 11.4. The van der Waals surface area contributed by atoms with Gasteiger partial charge in [-0.25, -0.2) is 4.79 Å². The number of amides is 1. The van der Waals surface area contributed by atoms with Crippen molar-refractivity contribution in [3.05, 3.63) is 12.2 Å². The van der Waals surface area contributed by atoms with E-state index in [2.05, 4.69) is 11.9 Å². The van der Waals surface area contributed by atoms with Crippen molar-refractivity contribution in [1.29, 1.82) is 0 Å². The number of nitrogens with zero attached hydrogens (tertiary/aromatic N) is 1. The zero-order chi connectivity index (χ0) is 12.1. The van der Waals surface area contributed by atoms with E-state index < -0.39 is 5.97 Å². The van der Waals surface area contributed by atoms with Crippen molar-refractivity contribution in [2.45, 2.75) is 25.3 Å². The summed E-state index contributed by atoms with van der Waals surface area (Å²) in [6.45, 7) is 4.51. The molecule has 1 amide bonds. The van der Waals surface area contributed by atoms with E-state index >= 15 is 0 Å². The molecule has 0 aromatic carbocycles. The largest absolute Gasteiger partial charge is 0.478 e. The Balaban J connectivity index is 2.63. The molecule has 2 N–H and O–H groups in total. The molecule has 5 heteroatoms. The normalized spacial score (nSPS) is 21.4. The van der Waals surface area contributed by atoms with Gasteiger partial charge >= 0.3 is 5.97 Å². The van der Waals surface area contributed by atoms with E-state index in [1.165, 1.54) is 0 Å². The smallest absolute Gasteiger partial charge is 0.332 e. The summed E-state index contributed by atoms with van der Waals surface area (Å²) < 4.78 is 0. The summed E-state index contributed by atoms with van der Waals surface area (Å²) in [6.07, 6.45) is 2.79. The predicted octanol–water partition coefficient (Wildman–Crippen LogP) is 0.228. The van der Waals surface area contributed by atoms with Crippen molar-refractivity contribution >= 4 is 11.9 Å². The molecule has 16 heavy (non-hydrogen) atoms. The molecule has 0 aromatic rings. The molecule has 0 aliphatic carbocycles. The molecular weight excluding hydrogens is 208 g/mol. The Morgan fingerprint density at radius 2 is 2.19 bits per heavy atom. The molecule has 1 fully saturated rings. The Kier molecular flexibility index (Phi) is 4.49. The Morgan fingerprint density at radius 1 is 1.50 bits per heavy atom. The van der Waals surface area contributed by atoms with Crippen LogP contribution in [0.5, 0.6) is 0 Å². The number of piperidine rings is 1. The van der Waals surface area contributed by atoms with Crippen LogP contribution in [-0.4, -0.2) is 48.1 Å². The number of rotatable bonds is 4. The molecule has 0 spiro atoms. The summed E-state index contributed by atoms with van der Waals surface area (Å²) in [7, 11) is 1.60. The van der Waals surface area contributed by atoms with Gasteiger partial charge in [-0.15, -0.1) is 0 Å². The molecule has 0 bridgehead atoms. The van der Waals surface area contributed by atoms with Gasteiger partial charge in [-0.05, 0) is 19.4 Å². The predicted molar refractivity (Wildman–Crippen MR) is 60.1 cm³/mol. The third kappa shape index (κ3) is 3.06. The monoisotopic (exact) mass is 226 g/mol. The van der Waals surface area contributed by atoms with Gasteiger partial charge in [0, 0.05) is 19.2 Å². The summed E-state index contributed by atoms with van der Waals surface area (Å²) in [4.78, 5) is 24.2. The third-order valence-electron chi connectivity index (χ3n) is 2.86. The van der Waals surface area contributed by atoms with Crippen molar-refractivity contribution in [1.82, 2.24) is 10.2 Å². The quantitative estimate of drug-likeness (QED) is 0.673. The van der Waals surface area contributed by atoms with E-state index in [1.807, 2.05) is 4.90 Å². The van der Waals surface area contributed by atoms with Crippen molar-refractivity contribution in [3.8, 4) is 0 Å². The first-order chi connectivity index (χ1) is 7.56. The average Bonchev–Trinajstić information content (AvgIpc) is 2.28. The maximum Gasteiger partial charge on any atom is 0.332 e. The molecule has 1 atom stereocenters. The topological polar surface area (TPSA) is 69.6 Å². The number of likely N-dealkylation sites (tertiary alicyclic amines) is 1. The second kappa shape index (κ2) is 5.65. The number of hydrogen-bond acceptors (Lipinski definition) is 3. The number of carbonyl (C=O) groups excluding carboxylic acids is 1. The molecule has 5 nitrogen and oxygen atoms in total. The fourth-order valence-electron chi connectivity index (χ4n) is 1.96. The van der Waals surface area contributed by atoms with Gasteiger partial charge in [0.05, 0.1) is 6.04 Å².